The maximum absolute atomic E-state index is 11.9. The molecule has 1 aliphatic heterocycles. The van der Waals surface area contributed by atoms with Gasteiger partial charge in [-0.2, -0.15) is 0 Å². The van der Waals surface area contributed by atoms with E-state index in [9.17, 15) is 9.90 Å². The number of nitrogens with zero attached hydrogens (tertiary/aromatic N) is 1. The van der Waals surface area contributed by atoms with Gasteiger partial charge in [0.2, 0.25) is 0 Å². The van der Waals surface area contributed by atoms with Gasteiger partial charge in [0.05, 0.1) is 7.11 Å². The highest BCUT2D eigenvalue weighted by atomic mass is 16.5. The van der Waals surface area contributed by atoms with E-state index in [1.807, 2.05) is 45.0 Å². The van der Waals surface area contributed by atoms with E-state index in [4.69, 9.17) is 4.74 Å². The molecule has 0 spiro atoms. The maximum Gasteiger partial charge on any atom is 0.331 e. The molecule has 0 bridgehead atoms. The van der Waals surface area contributed by atoms with E-state index in [0.29, 0.717) is 5.57 Å². The first kappa shape index (κ1) is 21.1. The van der Waals surface area contributed by atoms with Crippen LogP contribution in [0.3, 0.4) is 0 Å². The summed E-state index contributed by atoms with van der Waals surface area (Å²) in [7, 11) is 1.68. The summed E-state index contributed by atoms with van der Waals surface area (Å²) in [4.78, 5) is 14.4. The van der Waals surface area contributed by atoms with Crippen molar-refractivity contribution in [1.82, 2.24) is 4.90 Å². The summed E-state index contributed by atoms with van der Waals surface area (Å²) in [6, 6.07) is 18.6. The molecule has 0 aliphatic carbocycles. The lowest BCUT2D eigenvalue weighted by atomic mass is 9.81. The number of ether oxygens (including phenoxy) is 1. The standard InChI is InChI=1S/C25H31NO3/c1-25(2,3)23(24(27)28)14-20-16-26(15-18-9-6-5-7-10-18)17-22(20)19-11-8-12-21(13-19)29-4/h5-14,20,22H,15-17H2,1-4H3,(H,27,28)/b23-14-/t20-,22+/m0/s1. The Labute approximate surface area is 173 Å². The normalized spacial score (nSPS) is 20.6. The number of hydrogen-bond donors (Lipinski definition) is 1. The van der Waals surface area contributed by atoms with Crippen molar-refractivity contribution in [1.29, 1.82) is 0 Å². The van der Waals surface area contributed by atoms with E-state index in [2.05, 4.69) is 41.3 Å². The molecule has 1 aliphatic rings. The molecule has 0 aromatic heterocycles. The zero-order valence-corrected chi connectivity index (χ0v) is 17.8. The number of carboxylic acid groups (broad SMARTS) is 1. The van der Waals surface area contributed by atoms with E-state index in [0.717, 1.165) is 25.4 Å². The molecule has 1 heterocycles. The minimum absolute atomic E-state index is 0.135. The highest BCUT2D eigenvalue weighted by molar-refractivity contribution is 5.88. The first-order valence-electron chi connectivity index (χ1n) is 10.1. The van der Waals surface area contributed by atoms with Crippen molar-refractivity contribution in [3.63, 3.8) is 0 Å². The Hall–Kier alpha value is -2.59. The van der Waals surface area contributed by atoms with Gasteiger partial charge in [0, 0.05) is 31.1 Å². The predicted octanol–water partition coefficient (Wildman–Crippen LogP) is 4.97. The van der Waals surface area contributed by atoms with E-state index >= 15 is 0 Å². The fraction of sp³-hybridized carbons (Fsp3) is 0.400. The van der Waals surface area contributed by atoms with Crippen LogP contribution in [0.2, 0.25) is 0 Å². The maximum atomic E-state index is 11.9. The Morgan fingerprint density at radius 2 is 1.86 bits per heavy atom. The minimum atomic E-state index is -0.830. The van der Waals surface area contributed by atoms with Crippen LogP contribution in [0.25, 0.3) is 0 Å². The number of benzene rings is 2. The molecule has 1 saturated heterocycles. The largest absolute Gasteiger partial charge is 0.497 e. The summed E-state index contributed by atoms with van der Waals surface area (Å²) >= 11 is 0. The molecule has 0 amide bonds. The van der Waals surface area contributed by atoms with Gasteiger partial charge >= 0.3 is 5.97 Å². The van der Waals surface area contributed by atoms with Crippen molar-refractivity contribution < 1.29 is 14.6 Å². The van der Waals surface area contributed by atoms with Crippen LogP contribution in [0, 0.1) is 11.3 Å². The molecule has 29 heavy (non-hydrogen) atoms. The highest BCUT2D eigenvalue weighted by Crippen LogP contribution is 2.38. The number of methoxy groups -OCH3 is 1. The Morgan fingerprint density at radius 3 is 2.48 bits per heavy atom. The van der Waals surface area contributed by atoms with Crippen molar-refractivity contribution in [3.8, 4) is 5.75 Å². The second-order valence-electron chi connectivity index (χ2n) is 8.86. The van der Waals surface area contributed by atoms with Crippen LogP contribution >= 0.6 is 0 Å². The molecule has 2 aromatic carbocycles. The molecule has 2 atom stereocenters. The van der Waals surface area contributed by atoms with Gasteiger partial charge in [-0.25, -0.2) is 4.79 Å². The lowest BCUT2D eigenvalue weighted by molar-refractivity contribution is -0.133. The quantitative estimate of drug-likeness (QED) is 0.704. The first-order chi connectivity index (χ1) is 13.8. The molecular weight excluding hydrogens is 362 g/mol. The number of carboxylic acids is 1. The second kappa shape index (κ2) is 8.83. The van der Waals surface area contributed by atoms with Gasteiger partial charge in [-0.15, -0.1) is 0 Å². The van der Waals surface area contributed by atoms with Gasteiger partial charge < -0.3 is 9.84 Å². The van der Waals surface area contributed by atoms with Crippen molar-refractivity contribution in [3.05, 3.63) is 77.4 Å². The average molecular weight is 394 g/mol. The van der Waals surface area contributed by atoms with Crippen molar-refractivity contribution in [2.45, 2.75) is 33.2 Å². The number of likely N-dealkylation sites (tertiary alicyclic amines) is 1. The van der Waals surface area contributed by atoms with Crippen molar-refractivity contribution >= 4 is 5.97 Å². The fourth-order valence-electron chi connectivity index (χ4n) is 4.13. The van der Waals surface area contributed by atoms with Crippen molar-refractivity contribution in [2.24, 2.45) is 11.3 Å². The average Bonchev–Trinajstić information content (AvgIpc) is 3.08. The third-order valence-corrected chi connectivity index (χ3v) is 5.63. The molecule has 154 valence electrons. The van der Waals surface area contributed by atoms with Gasteiger partial charge in [0.25, 0.3) is 0 Å². The van der Waals surface area contributed by atoms with E-state index in [1.54, 1.807) is 7.11 Å². The summed E-state index contributed by atoms with van der Waals surface area (Å²) in [6.07, 6.45) is 2.00. The zero-order valence-electron chi connectivity index (χ0n) is 17.8. The molecule has 1 fully saturated rings. The Morgan fingerprint density at radius 1 is 1.14 bits per heavy atom. The lowest BCUT2D eigenvalue weighted by Crippen LogP contribution is -2.21. The molecule has 1 N–H and O–H groups in total. The molecule has 2 aromatic rings. The summed E-state index contributed by atoms with van der Waals surface area (Å²) < 4.78 is 5.42. The van der Waals surface area contributed by atoms with Crippen LogP contribution in [-0.4, -0.2) is 36.2 Å². The van der Waals surface area contributed by atoms with Crippen LogP contribution < -0.4 is 4.74 Å². The molecule has 0 radical (unpaired) electrons. The minimum Gasteiger partial charge on any atom is -0.497 e. The highest BCUT2D eigenvalue weighted by Gasteiger charge is 2.35. The summed E-state index contributed by atoms with van der Waals surface area (Å²) in [5.74, 6) is 0.367. The monoisotopic (exact) mass is 393 g/mol. The van der Waals surface area contributed by atoms with Gasteiger partial charge in [0.1, 0.15) is 5.75 Å². The topological polar surface area (TPSA) is 49.8 Å². The third kappa shape index (κ3) is 5.27. The Bertz CT molecular complexity index is 867. The fourth-order valence-corrected chi connectivity index (χ4v) is 4.13. The molecule has 0 unspecified atom stereocenters. The first-order valence-corrected chi connectivity index (χ1v) is 10.1. The van der Waals surface area contributed by atoms with Gasteiger partial charge in [-0.1, -0.05) is 69.3 Å². The van der Waals surface area contributed by atoms with Crippen LogP contribution in [0.4, 0.5) is 0 Å². The van der Waals surface area contributed by atoms with E-state index < -0.39 is 11.4 Å². The van der Waals surface area contributed by atoms with Crippen LogP contribution in [0.15, 0.2) is 66.2 Å². The Kier molecular flexibility index (Phi) is 6.43. The molecule has 4 nitrogen and oxygen atoms in total. The Balaban J connectivity index is 1.93. The van der Waals surface area contributed by atoms with E-state index in [1.165, 1.54) is 11.1 Å². The number of hydrogen-bond acceptors (Lipinski definition) is 3. The van der Waals surface area contributed by atoms with Crippen LogP contribution in [-0.2, 0) is 11.3 Å². The smallest absolute Gasteiger partial charge is 0.331 e. The van der Waals surface area contributed by atoms with Gasteiger partial charge in [0.15, 0.2) is 0 Å². The number of rotatable bonds is 6. The van der Waals surface area contributed by atoms with Crippen molar-refractivity contribution in [2.75, 3.05) is 20.2 Å². The molecule has 3 rings (SSSR count). The van der Waals surface area contributed by atoms with E-state index in [-0.39, 0.29) is 11.8 Å². The second-order valence-corrected chi connectivity index (χ2v) is 8.86. The van der Waals surface area contributed by atoms with Gasteiger partial charge in [-0.05, 0) is 34.6 Å². The van der Waals surface area contributed by atoms with Crippen LogP contribution in [0.1, 0.15) is 37.8 Å². The summed E-state index contributed by atoms with van der Waals surface area (Å²) in [5.41, 5.74) is 2.55. The lowest BCUT2D eigenvalue weighted by Gasteiger charge is -2.23. The SMILES string of the molecule is COc1cccc([C@H]2CN(Cc3ccccc3)C[C@@H]2/C=C(/C(=O)O)C(C)(C)C)c1. The molecule has 4 heteroatoms. The number of aliphatic carboxylic acids is 1. The number of carbonyl (C=O) groups is 1. The zero-order chi connectivity index (χ0) is 21.0. The molecular formula is C25H31NO3. The van der Waals surface area contributed by atoms with Crippen LogP contribution in [0.5, 0.6) is 5.75 Å². The summed E-state index contributed by atoms with van der Waals surface area (Å²) in [6.45, 7) is 8.48. The third-order valence-electron chi connectivity index (χ3n) is 5.63. The predicted molar refractivity (Wildman–Crippen MR) is 116 cm³/mol. The summed E-state index contributed by atoms with van der Waals surface area (Å²) in [5, 5.41) is 9.81. The van der Waals surface area contributed by atoms with Gasteiger partial charge in [-0.3, -0.25) is 4.90 Å². The molecule has 0 saturated carbocycles.